The Bertz CT molecular complexity index is 390. The topological polar surface area (TPSA) is 86.4 Å². The smallest absolute Gasteiger partial charge is 0.338 e. The molecule has 1 aromatic carbocycles. The van der Waals surface area contributed by atoms with Crippen LogP contribution in [0, 0.1) is 17.5 Å². The fraction of sp³-hybridized carbons (Fsp3) is 0. The molecule has 0 radical (unpaired) electrons. The molecule has 14 heavy (non-hydrogen) atoms. The van der Waals surface area contributed by atoms with Gasteiger partial charge in [0.05, 0.1) is 5.56 Å². The van der Waals surface area contributed by atoms with Crippen molar-refractivity contribution >= 4 is 11.7 Å². The number of carboxylic acid groups (broad SMARTS) is 1. The van der Waals surface area contributed by atoms with Gasteiger partial charge < -0.3 is 15.9 Å². The number of carbonyl (C=O) groups is 1. The highest BCUT2D eigenvalue weighted by molar-refractivity contribution is 5.91. The highest BCUT2D eigenvalue weighted by Gasteiger charge is 2.22. The summed E-state index contributed by atoms with van der Waals surface area (Å²) in [6.07, 6.45) is 0. The molecule has 0 unspecified atom stereocenters. The summed E-state index contributed by atoms with van der Waals surface area (Å²) >= 11 is 0. The minimum atomic E-state index is -2.05. The van der Waals surface area contributed by atoms with Crippen molar-refractivity contribution in [3.63, 3.8) is 0 Å². The van der Waals surface area contributed by atoms with E-state index in [0.29, 0.717) is 0 Å². The molecule has 0 heterocycles. The molecule has 0 spiro atoms. The molecule has 0 saturated heterocycles. The van der Waals surface area contributed by atoms with Gasteiger partial charge in [0.25, 0.3) is 0 Å². The Balaban J connectivity index is 3.68. The number of aromatic carboxylic acids is 1. The minimum Gasteiger partial charge on any atom is -0.870 e. The normalized spacial score (nSPS) is 10.2. The second-order valence-electron chi connectivity index (χ2n) is 2.36. The van der Waals surface area contributed by atoms with Crippen molar-refractivity contribution in [3.05, 3.63) is 23.0 Å². The van der Waals surface area contributed by atoms with Crippen molar-refractivity contribution in [2.45, 2.75) is 0 Å². The van der Waals surface area contributed by atoms with Crippen molar-refractivity contribution in [2.24, 2.45) is 0 Å². The Kier molecular flexibility index (Phi) is 2.24. The number of benzene rings is 1. The SMILES string of the molecule is Nc1c(F)c([O-])c(C(=O)O)c(F)c1F. The van der Waals surface area contributed by atoms with Crippen LogP contribution in [0.25, 0.3) is 0 Å². The van der Waals surface area contributed by atoms with Crippen molar-refractivity contribution in [2.75, 3.05) is 5.73 Å². The third kappa shape index (κ3) is 1.22. The summed E-state index contributed by atoms with van der Waals surface area (Å²) in [4.78, 5) is 10.2. The molecule has 4 nitrogen and oxygen atoms in total. The van der Waals surface area contributed by atoms with E-state index in [9.17, 15) is 23.1 Å². The van der Waals surface area contributed by atoms with Crippen LogP contribution in [0.3, 0.4) is 0 Å². The van der Waals surface area contributed by atoms with E-state index in [-0.39, 0.29) is 0 Å². The summed E-state index contributed by atoms with van der Waals surface area (Å²) in [6.45, 7) is 0. The molecule has 76 valence electrons. The first-order valence-electron chi connectivity index (χ1n) is 3.24. The minimum absolute atomic E-state index is 1.32. The summed E-state index contributed by atoms with van der Waals surface area (Å²) in [7, 11) is 0. The van der Waals surface area contributed by atoms with Gasteiger partial charge in [0.1, 0.15) is 11.5 Å². The van der Waals surface area contributed by atoms with Crippen LogP contribution in [0.5, 0.6) is 5.75 Å². The van der Waals surface area contributed by atoms with Crippen molar-refractivity contribution in [1.82, 2.24) is 0 Å². The molecular formula is C7H3F3NO3-. The zero-order chi connectivity index (χ0) is 11.0. The van der Waals surface area contributed by atoms with E-state index in [1.54, 1.807) is 0 Å². The van der Waals surface area contributed by atoms with Gasteiger partial charge in [-0.1, -0.05) is 5.75 Å². The van der Waals surface area contributed by atoms with E-state index in [2.05, 4.69) is 5.73 Å². The summed E-state index contributed by atoms with van der Waals surface area (Å²) in [6, 6.07) is 0. The standard InChI is InChI=1S/C7H4F3NO3/c8-2-1(7(13)14)6(12)4(10)5(11)3(2)9/h12H,11H2,(H,13,14)/p-1. The van der Waals surface area contributed by atoms with Gasteiger partial charge in [-0.05, 0) is 0 Å². The van der Waals surface area contributed by atoms with Crippen LogP contribution >= 0.6 is 0 Å². The Hall–Kier alpha value is -1.92. The number of nitrogen functional groups attached to an aromatic ring is 1. The molecule has 3 N–H and O–H groups in total. The molecule has 0 fully saturated rings. The number of rotatable bonds is 1. The molecule has 0 bridgehead atoms. The molecule has 1 aromatic rings. The Morgan fingerprint density at radius 1 is 1.21 bits per heavy atom. The lowest BCUT2D eigenvalue weighted by atomic mass is 10.1. The quantitative estimate of drug-likeness (QED) is 0.516. The van der Waals surface area contributed by atoms with Crippen molar-refractivity contribution < 1.29 is 28.2 Å². The van der Waals surface area contributed by atoms with Gasteiger partial charge in [0, 0.05) is 0 Å². The average molecular weight is 206 g/mol. The predicted molar refractivity (Wildman–Crippen MR) is 37.1 cm³/mol. The second-order valence-corrected chi connectivity index (χ2v) is 2.36. The van der Waals surface area contributed by atoms with Crippen molar-refractivity contribution in [1.29, 1.82) is 0 Å². The van der Waals surface area contributed by atoms with Gasteiger partial charge in [-0.25, -0.2) is 18.0 Å². The maximum Gasteiger partial charge on any atom is 0.338 e. The van der Waals surface area contributed by atoms with Crippen LogP contribution in [0.4, 0.5) is 18.9 Å². The Morgan fingerprint density at radius 2 is 1.71 bits per heavy atom. The molecule has 7 heteroatoms. The molecule has 0 atom stereocenters. The number of nitrogens with two attached hydrogens (primary N) is 1. The molecule has 0 aliphatic carbocycles. The average Bonchev–Trinajstić information content (AvgIpc) is 2.11. The monoisotopic (exact) mass is 206 g/mol. The van der Waals surface area contributed by atoms with Gasteiger partial charge >= 0.3 is 5.97 Å². The molecule has 0 aromatic heterocycles. The predicted octanol–water partition coefficient (Wildman–Crippen LogP) is 0.458. The van der Waals surface area contributed by atoms with Crippen LogP contribution in [0.1, 0.15) is 10.4 Å². The maximum absolute atomic E-state index is 12.8. The van der Waals surface area contributed by atoms with E-state index in [0.717, 1.165) is 0 Å². The number of anilines is 1. The van der Waals surface area contributed by atoms with Gasteiger partial charge in [-0.3, -0.25) is 0 Å². The van der Waals surface area contributed by atoms with Crippen LogP contribution in [-0.2, 0) is 0 Å². The molecule has 0 amide bonds. The fourth-order valence-corrected chi connectivity index (χ4v) is 0.847. The number of hydrogen-bond donors (Lipinski definition) is 2. The van der Waals surface area contributed by atoms with Gasteiger partial charge in [-0.15, -0.1) is 0 Å². The number of carboxylic acids is 1. The van der Waals surface area contributed by atoms with E-state index < -0.39 is 40.4 Å². The van der Waals surface area contributed by atoms with E-state index in [4.69, 9.17) is 5.11 Å². The number of hydrogen-bond acceptors (Lipinski definition) is 3. The third-order valence-electron chi connectivity index (χ3n) is 1.53. The Morgan fingerprint density at radius 3 is 2.14 bits per heavy atom. The summed E-state index contributed by atoms with van der Waals surface area (Å²) < 4.78 is 38.1. The highest BCUT2D eigenvalue weighted by Crippen LogP contribution is 2.29. The molecular weight excluding hydrogens is 203 g/mol. The largest absolute Gasteiger partial charge is 0.870 e. The lowest BCUT2D eigenvalue weighted by Crippen LogP contribution is -2.13. The third-order valence-corrected chi connectivity index (χ3v) is 1.53. The van der Waals surface area contributed by atoms with E-state index in [1.807, 2.05) is 0 Å². The van der Waals surface area contributed by atoms with Gasteiger partial charge in [0.15, 0.2) is 11.6 Å². The molecule has 0 aliphatic heterocycles. The lowest BCUT2D eigenvalue weighted by molar-refractivity contribution is -0.273. The first kappa shape index (κ1) is 10.2. The van der Waals surface area contributed by atoms with Gasteiger partial charge in [-0.2, -0.15) is 0 Å². The fourth-order valence-electron chi connectivity index (χ4n) is 0.847. The first-order chi connectivity index (χ1) is 6.37. The zero-order valence-electron chi connectivity index (χ0n) is 6.47. The lowest BCUT2D eigenvalue weighted by Gasteiger charge is -2.14. The highest BCUT2D eigenvalue weighted by atomic mass is 19.2. The Labute approximate surface area is 75.4 Å². The van der Waals surface area contributed by atoms with Crippen LogP contribution < -0.4 is 10.8 Å². The number of halogens is 3. The molecule has 0 saturated carbocycles. The zero-order valence-corrected chi connectivity index (χ0v) is 6.47. The second kappa shape index (κ2) is 3.09. The van der Waals surface area contributed by atoms with E-state index in [1.165, 1.54) is 0 Å². The summed E-state index contributed by atoms with van der Waals surface area (Å²) in [5.41, 5.74) is 1.76. The maximum atomic E-state index is 12.8. The van der Waals surface area contributed by atoms with Crippen LogP contribution in [0.15, 0.2) is 0 Å². The van der Waals surface area contributed by atoms with E-state index >= 15 is 0 Å². The van der Waals surface area contributed by atoms with Crippen molar-refractivity contribution in [3.8, 4) is 5.75 Å². The van der Waals surface area contributed by atoms with Crippen LogP contribution in [0.2, 0.25) is 0 Å². The molecule has 1 rings (SSSR count). The van der Waals surface area contributed by atoms with Gasteiger partial charge in [0.2, 0.25) is 0 Å². The summed E-state index contributed by atoms with van der Waals surface area (Å²) in [5, 5.41) is 19.0. The summed E-state index contributed by atoms with van der Waals surface area (Å²) in [5.74, 6) is -9.46. The van der Waals surface area contributed by atoms with Crippen LogP contribution in [-0.4, -0.2) is 11.1 Å². The molecule has 0 aliphatic rings. The first-order valence-corrected chi connectivity index (χ1v) is 3.24.